The zero-order valence-corrected chi connectivity index (χ0v) is 29.8. The summed E-state index contributed by atoms with van der Waals surface area (Å²) in [6, 6.07) is 21.1. The number of aromatic nitrogens is 1. The standard InChI is InChI=1S/C39H44Cl2N2O6/c1-27-19-35(40)37(36(41)20-27)48-18-17-47-33-10-6-28(7-11-33)24-39(2,32-8-9-32)38(44)42-25-31-21-30(5-4-16-46-3)22-34(23-31)49-26-29-12-14-43(45)15-13-29/h6-7,10-15,19-23,32H,4-5,8-9,16-18,24-26H2,1-3H3,(H,42,44). The minimum Gasteiger partial charge on any atom is -0.619 e. The molecule has 3 aromatic carbocycles. The Morgan fingerprint density at radius 1 is 0.857 bits per heavy atom. The Hall–Kier alpha value is -3.98. The van der Waals surface area contributed by atoms with Crippen LogP contribution in [0.15, 0.2) is 79.1 Å². The van der Waals surface area contributed by atoms with Crippen LogP contribution >= 0.6 is 23.2 Å². The lowest BCUT2D eigenvalue weighted by Gasteiger charge is -2.29. The average Bonchev–Trinajstić information content (AvgIpc) is 3.94. The van der Waals surface area contributed by atoms with Crippen molar-refractivity contribution in [2.24, 2.45) is 11.3 Å². The summed E-state index contributed by atoms with van der Waals surface area (Å²) in [6.45, 7) is 6.01. The average molecular weight is 708 g/mol. The van der Waals surface area contributed by atoms with Crippen molar-refractivity contribution in [3.63, 3.8) is 0 Å². The van der Waals surface area contributed by atoms with E-state index in [9.17, 15) is 10.0 Å². The third-order valence-electron chi connectivity index (χ3n) is 8.80. The predicted octanol–water partition coefficient (Wildman–Crippen LogP) is 7.83. The van der Waals surface area contributed by atoms with Gasteiger partial charge in [0.2, 0.25) is 5.91 Å². The number of hydrogen-bond donors (Lipinski definition) is 1. The third-order valence-corrected chi connectivity index (χ3v) is 9.36. The molecule has 5 rings (SSSR count). The number of benzene rings is 3. The molecular weight excluding hydrogens is 663 g/mol. The lowest BCUT2D eigenvalue weighted by atomic mass is 9.78. The number of amides is 1. The molecule has 1 unspecified atom stereocenters. The number of rotatable bonds is 18. The first kappa shape index (κ1) is 36.3. The van der Waals surface area contributed by atoms with Crippen molar-refractivity contribution in [2.45, 2.75) is 59.1 Å². The van der Waals surface area contributed by atoms with Gasteiger partial charge >= 0.3 is 0 Å². The topological polar surface area (TPSA) is 93.0 Å². The van der Waals surface area contributed by atoms with E-state index in [0.717, 1.165) is 69.7 Å². The number of carbonyl (C=O) groups excluding carboxylic acids is 1. The summed E-state index contributed by atoms with van der Waals surface area (Å²) in [6.07, 6.45) is 7.33. The summed E-state index contributed by atoms with van der Waals surface area (Å²) < 4.78 is 23.8. The van der Waals surface area contributed by atoms with Crippen LogP contribution in [0.4, 0.5) is 0 Å². The van der Waals surface area contributed by atoms with Crippen molar-refractivity contribution in [1.82, 2.24) is 5.32 Å². The quantitative estimate of drug-likeness (QED) is 0.0644. The minimum atomic E-state index is -0.538. The first-order valence-electron chi connectivity index (χ1n) is 16.6. The van der Waals surface area contributed by atoms with Crippen LogP contribution in [-0.2, 0) is 35.5 Å². The van der Waals surface area contributed by atoms with E-state index < -0.39 is 5.41 Å². The normalized spacial score (nSPS) is 13.8. The highest BCUT2D eigenvalue weighted by Crippen LogP contribution is 2.47. The lowest BCUT2D eigenvalue weighted by molar-refractivity contribution is -0.605. The molecule has 260 valence electrons. The maximum atomic E-state index is 13.8. The van der Waals surface area contributed by atoms with E-state index in [4.69, 9.17) is 42.1 Å². The molecule has 49 heavy (non-hydrogen) atoms. The van der Waals surface area contributed by atoms with E-state index in [0.29, 0.717) is 61.1 Å². The zero-order valence-electron chi connectivity index (χ0n) is 28.3. The largest absolute Gasteiger partial charge is 0.619 e. The molecule has 1 aromatic heterocycles. The number of hydrogen-bond acceptors (Lipinski definition) is 6. The van der Waals surface area contributed by atoms with Gasteiger partial charge in [-0.05, 0) is 104 Å². The van der Waals surface area contributed by atoms with Crippen molar-refractivity contribution in [1.29, 1.82) is 0 Å². The summed E-state index contributed by atoms with van der Waals surface area (Å²) in [4.78, 5) is 13.8. The SMILES string of the molecule is COCCCc1cc(CNC(=O)C(C)(Cc2ccc(OCCOc3c(Cl)cc(C)cc3Cl)cc2)C2CC2)cc(OCc2cc[n+]([O-])cc2)c1. The van der Waals surface area contributed by atoms with Crippen LogP contribution in [-0.4, -0.2) is 32.8 Å². The van der Waals surface area contributed by atoms with E-state index in [-0.39, 0.29) is 5.91 Å². The number of methoxy groups -OCH3 is 1. The monoisotopic (exact) mass is 706 g/mol. The Labute approximate surface area is 298 Å². The molecule has 8 nitrogen and oxygen atoms in total. The second-order valence-corrected chi connectivity index (χ2v) is 13.7. The van der Waals surface area contributed by atoms with Crippen LogP contribution in [0.3, 0.4) is 0 Å². The Morgan fingerprint density at radius 3 is 2.20 bits per heavy atom. The highest BCUT2D eigenvalue weighted by Gasteiger charge is 2.46. The molecule has 0 spiro atoms. The highest BCUT2D eigenvalue weighted by molar-refractivity contribution is 6.37. The maximum absolute atomic E-state index is 13.8. The Kier molecular flexibility index (Phi) is 12.7. The minimum absolute atomic E-state index is 0.0448. The fourth-order valence-corrected chi connectivity index (χ4v) is 6.66. The van der Waals surface area contributed by atoms with Crippen molar-refractivity contribution < 1.29 is 28.5 Å². The molecule has 1 atom stereocenters. The number of pyridine rings is 1. The highest BCUT2D eigenvalue weighted by atomic mass is 35.5. The van der Waals surface area contributed by atoms with E-state index >= 15 is 0 Å². The molecule has 1 amide bonds. The van der Waals surface area contributed by atoms with E-state index in [2.05, 4.69) is 18.3 Å². The number of nitrogens with one attached hydrogen (secondary N) is 1. The fraction of sp³-hybridized carbons (Fsp3) is 0.385. The number of nitrogens with zero attached hydrogens (tertiary/aromatic N) is 1. The molecule has 1 heterocycles. The summed E-state index contributed by atoms with van der Waals surface area (Å²) in [5.74, 6) is 2.27. The lowest BCUT2D eigenvalue weighted by Crippen LogP contribution is -2.41. The molecule has 1 N–H and O–H groups in total. The van der Waals surface area contributed by atoms with Crippen molar-refractivity contribution in [3.05, 3.63) is 122 Å². The van der Waals surface area contributed by atoms with Gasteiger partial charge in [0.15, 0.2) is 18.1 Å². The molecule has 0 radical (unpaired) electrons. The summed E-state index contributed by atoms with van der Waals surface area (Å²) in [5.41, 5.74) is 4.49. The second kappa shape index (κ2) is 17.1. The molecule has 1 aliphatic carbocycles. The number of aryl methyl sites for hydroxylation is 2. The molecule has 4 aromatic rings. The van der Waals surface area contributed by atoms with E-state index in [1.54, 1.807) is 19.2 Å². The smallest absolute Gasteiger partial charge is 0.226 e. The Morgan fingerprint density at radius 2 is 1.53 bits per heavy atom. The Bertz CT molecular complexity index is 1670. The molecule has 0 aliphatic heterocycles. The van der Waals surface area contributed by atoms with Crippen LogP contribution in [0.25, 0.3) is 0 Å². The van der Waals surface area contributed by atoms with Crippen molar-refractivity contribution in [3.8, 4) is 17.2 Å². The first-order chi connectivity index (χ1) is 23.6. The molecular formula is C39H44Cl2N2O6. The molecule has 10 heteroatoms. The van der Waals surface area contributed by atoms with Crippen LogP contribution in [0.1, 0.15) is 54.0 Å². The van der Waals surface area contributed by atoms with Gasteiger partial charge in [0.1, 0.15) is 31.3 Å². The van der Waals surface area contributed by atoms with Gasteiger partial charge in [-0.15, -0.1) is 0 Å². The predicted molar refractivity (Wildman–Crippen MR) is 191 cm³/mol. The van der Waals surface area contributed by atoms with Crippen LogP contribution in [0.5, 0.6) is 17.2 Å². The molecule has 1 fully saturated rings. The zero-order chi connectivity index (χ0) is 34.8. The summed E-state index contributed by atoms with van der Waals surface area (Å²) in [5, 5.41) is 15.6. The van der Waals surface area contributed by atoms with Gasteiger partial charge in [-0.25, -0.2) is 0 Å². The molecule has 1 aliphatic rings. The van der Waals surface area contributed by atoms with Gasteiger partial charge in [0, 0.05) is 38.0 Å². The van der Waals surface area contributed by atoms with E-state index in [1.807, 2.05) is 55.5 Å². The van der Waals surface area contributed by atoms with Gasteiger partial charge in [-0.2, -0.15) is 4.73 Å². The van der Waals surface area contributed by atoms with Gasteiger partial charge in [-0.3, -0.25) is 4.79 Å². The summed E-state index contributed by atoms with van der Waals surface area (Å²) >= 11 is 12.5. The van der Waals surface area contributed by atoms with Gasteiger partial charge in [0.05, 0.1) is 15.5 Å². The van der Waals surface area contributed by atoms with Gasteiger partial charge in [0.25, 0.3) is 0 Å². The molecule has 0 saturated heterocycles. The van der Waals surface area contributed by atoms with Crippen LogP contribution in [0, 0.1) is 23.5 Å². The fourth-order valence-electron chi connectivity index (χ4n) is 5.96. The van der Waals surface area contributed by atoms with Gasteiger partial charge < -0.3 is 29.5 Å². The Balaban J connectivity index is 1.17. The summed E-state index contributed by atoms with van der Waals surface area (Å²) in [7, 11) is 1.70. The van der Waals surface area contributed by atoms with Crippen molar-refractivity contribution >= 4 is 29.1 Å². The number of ether oxygens (including phenoxy) is 4. The van der Waals surface area contributed by atoms with Crippen LogP contribution < -0.4 is 24.3 Å². The number of carbonyl (C=O) groups is 1. The van der Waals surface area contributed by atoms with Gasteiger partial charge in [-0.1, -0.05) is 48.3 Å². The molecule has 0 bridgehead atoms. The van der Waals surface area contributed by atoms with Crippen LogP contribution in [0.2, 0.25) is 10.0 Å². The number of halogens is 2. The first-order valence-corrected chi connectivity index (χ1v) is 17.4. The maximum Gasteiger partial charge on any atom is 0.226 e. The second-order valence-electron chi connectivity index (χ2n) is 12.9. The van der Waals surface area contributed by atoms with E-state index in [1.165, 1.54) is 12.4 Å². The molecule has 1 saturated carbocycles. The van der Waals surface area contributed by atoms with Crippen molar-refractivity contribution in [2.75, 3.05) is 26.9 Å². The third kappa shape index (κ3) is 10.5.